The van der Waals surface area contributed by atoms with Crippen LogP contribution in [0.3, 0.4) is 0 Å². The van der Waals surface area contributed by atoms with Crippen LogP contribution < -0.4 is 5.32 Å². The zero-order valence-electron chi connectivity index (χ0n) is 15.6. The second kappa shape index (κ2) is 8.40. The van der Waals surface area contributed by atoms with Crippen molar-refractivity contribution in [2.24, 2.45) is 0 Å². The minimum absolute atomic E-state index is 0.148. The number of carbonyl (C=O) groups excluding carboxylic acids is 2. The van der Waals surface area contributed by atoms with Gasteiger partial charge in [-0.25, -0.2) is 9.48 Å². The van der Waals surface area contributed by atoms with Crippen molar-refractivity contribution >= 4 is 23.5 Å². The second-order valence-corrected chi connectivity index (χ2v) is 7.12. The lowest BCUT2D eigenvalue weighted by molar-refractivity contribution is 0.0634. The second-order valence-electron chi connectivity index (χ2n) is 6.68. The largest absolute Gasteiger partial charge is 0.459 e. The number of carbonyl (C=O) groups is 2. The van der Waals surface area contributed by atoms with Gasteiger partial charge in [-0.1, -0.05) is 11.6 Å². The molecule has 1 saturated heterocycles. The van der Waals surface area contributed by atoms with Crippen LogP contribution in [0.2, 0.25) is 5.02 Å². The third-order valence-electron chi connectivity index (χ3n) is 4.76. The predicted molar refractivity (Wildman–Crippen MR) is 107 cm³/mol. The number of rotatable bonds is 4. The average Bonchev–Trinajstić information content (AvgIpc) is 3.44. The molecular weight excluding hydrogens is 394 g/mol. The van der Waals surface area contributed by atoms with Crippen molar-refractivity contribution in [1.29, 1.82) is 0 Å². The summed E-state index contributed by atoms with van der Waals surface area (Å²) >= 11 is 5.91. The van der Waals surface area contributed by atoms with Gasteiger partial charge in [-0.3, -0.25) is 4.79 Å². The van der Waals surface area contributed by atoms with Crippen molar-refractivity contribution in [3.63, 3.8) is 0 Å². The molecule has 3 amide bonds. The molecule has 0 atom stereocenters. The van der Waals surface area contributed by atoms with E-state index in [1.807, 2.05) is 18.3 Å². The average molecular weight is 414 g/mol. The van der Waals surface area contributed by atoms with Crippen LogP contribution in [0.15, 0.2) is 59.5 Å². The first-order valence-corrected chi connectivity index (χ1v) is 9.63. The molecule has 1 N–H and O–H groups in total. The van der Waals surface area contributed by atoms with E-state index in [-0.39, 0.29) is 11.9 Å². The molecule has 0 saturated carbocycles. The van der Waals surface area contributed by atoms with Crippen LogP contribution in [0.4, 0.5) is 4.79 Å². The van der Waals surface area contributed by atoms with Crippen LogP contribution in [0, 0.1) is 0 Å². The zero-order chi connectivity index (χ0) is 20.2. The van der Waals surface area contributed by atoms with E-state index in [1.54, 1.807) is 44.9 Å². The van der Waals surface area contributed by atoms with Gasteiger partial charge < -0.3 is 19.5 Å². The quantitative estimate of drug-likeness (QED) is 0.712. The minimum atomic E-state index is -0.158. The van der Waals surface area contributed by atoms with Crippen molar-refractivity contribution in [3.05, 3.63) is 71.4 Å². The van der Waals surface area contributed by atoms with Crippen molar-refractivity contribution in [2.45, 2.75) is 6.54 Å². The van der Waals surface area contributed by atoms with E-state index in [2.05, 4.69) is 10.4 Å². The van der Waals surface area contributed by atoms with Gasteiger partial charge in [-0.05, 0) is 36.4 Å². The molecule has 4 rings (SSSR count). The predicted octanol–water partition coefficient (Wildman–Crippen LogP) is 2.79. The molecule has 0 spiro atoms. The number of amides is 3. The van der Waals surface area contributed by atoms with Crippen LogP contribution in [0.5, 0.6) is 0 Å². The highest BCUT2D eigenvalue weighted by atomic mass is 35.5. The van der Waals surface area contributed by atoms with E-state index in [4.69, 9.17) is 16.0 Å². The lowest BCUT2D eigenvalue weighted by Gasteiger charge is -2.34. The Morgan fingerprint density at radius 3 is 2.48 bits per heavy atom. The lowest BCUT2D eigenvalue weighted by atomic mass is 10.3. The minimum Gasteiger partial charge on any atom is -0.459 e. The van der Waals surface area contributed by atoms with Crippen molar-refractivity contribution in [3.8, 4) is 5.69 Å². The van der Waals surface area contributed by atoms with E-state index in [0.29, 0.717) is 43.5 Å². The summed E-state index contributed by atoms with van der Waals surface area (Å²) in [5.74, 6) is 0.172. The molecule has 1 aliphatic heterocycles. The maximum Gasteiger partial charge on any atom is 0.317 e. The molecule has 3 heterocycles. The third-order valence-corrected chi connectivity index (χ3v) is 5.01. The molecule has 1 aromatic carbocycles. The number of nitrogens with zero attached hydrogens (tertiary/aromatic N) is 4. The number of furan rings is 1. The van der Waals surface area contributed by atoms with E-state index in [1.165, 1.54) is 6.26 Å². The van der Waals surface area contributed by atoms with E-state index in [9.17, 15) is 9.59 Å². The fraction of sp³-hybridized carbons (Fsp3) is 0.250. The highest BCUT2D eigenvalue weighted by molar-refractivity contribution is 6.30. The van der Waals surface area contributed by atoms with E-state index in [0.717, 1.165) is 11.3 Å². The summed E-state index contributed by atoms with van der Waals surface area (Å²) < 4.78 is 6.88. The summed E-state index contributed by atoms with van der Waals surface area (Å²) in [4.78, 5) is 28.1. The number of aromatic nitrogens is 2. The highest BCUT2D eigenvalue weighted by Gasteiger charge is 2.25. The molecular formula is C20H20ClN5O3. The number of benzene rings is 1. The number of piperazine rings is 1. The first-order valence-electron chi connectivity index (χ1n) is 9.25. The highest BCUT2D eigenvalue weighted by Crippen LogP contribution is 2.14. The number of hydrogen-bond donors (Lipinski definition) is 1. The van der Waals surface area contributed by atoms with Gasteiger partial charge in [0.05, 0.1) is 18.1 Å². The molecule has 0 bridgehead atoms. The first-order chi connectivity index (χ1) is 14.1. The Morgan fingerprint density at radius 2 is 1.79 bits per heavy atom. The number of urea groups is 1. The molecule has 9 heteroatoms. The van der Waals surface area contributed by atoms with Crippen molar-refractivity contribution in [2.75, 3.05) is 26.2 Å². The fourth-order valence-corrected chi connectivity index (χ4v) is 3.27. The topological polar surface area (TPSA) is 83.6 Å². The van der Waals surface area contributed by atoms with Crippen LogP contribution >= 0.6 is 11.6 Å². The van der Waals surface area contributed by atoms with Crippen LogP contribution in [0.25, 0.3) is 5.69 Å². The summed E-state index contributed by atoms with van der Waals surface area (Å²) in [6.45, 7) is 2.27. The summed E-state index contributed by atoms with van der Waals surface area (Å²) in [5, 5.41) is 7.89. The van der Waals surface area contributed by atoms with Gasteiger partial charge in [0, 0.05) is 49.5 Å². The SMILES string of the molecule is O=C(NCc1cnn(-c2ccc(Cl)cc2)c1)N1CCN(C(=O)c2ccco2)CC1. The summed E-state index contributed by atoms with van der Waals surface area (Å²) in [5.41, 5.74) is 1.78. The molecule has 29 heavy (non-hydrogen) atoms. The Morgan fingerprint density at radius 1 is 1.07 bits per heavy atom. The van der Waals surface area contributed by atoms with Gasteiger partial charge in [-0.15, -0.1) is 0 Å². The molecule has 1 fully saturated rings. The Bertz CT molecular complexity index is 976. The first kappa shape index (κ1) is 19.1. The Hall–Kier alpha value is -3.26. The van der Waals surface area contributed by atoms with Gasteiger partial charge in [-0.2, -0.15) is 5.10 Å². The molecule has 2 aromatic heterocycles. The van der Waals surface area contributed by atoms with E-state index < -0.39 is 0 Å². The molecule has 0 aliphatic carbocycles. The summed E-state index contributed by atoms with van der Waals surface area (Å²) in [6.07, 6.45) is 5.06. The van der Waals surface area contributed by atoms with Crippen molar-refractivity contribution < 1.29 is 14.0 Å². The molecule has 0 unspecified atom stereocenters. The van der Waals surface area contributed by atoms with Crippen LogP contribution in [-0.4, -0.2) is 57.7 Å². The lowest BCUT2D eigenvalue weighted by Crippen LogP contribution is -2.53. The Kier molecular flexibility index (Phi) is 5.53. The van der Waals surface area contributed by atoms with Gasteiger partial charge >= 0.3 is 6.03 Å². The Balaban J connectivity index is 1.26. The normalized spacial score (nSPS) is 14.1. The molecule has 8 nitrogen and oxygen atoms in total. The maximum atomic E-state index is 12.4. The smallest absolute Gasteiger partial charge is 0.317 e. The van der Waals surface area contributed by atoms with Crippen molar-refractivity contribution in [1.82, 2.24) is 24.9 Å². The van der Waals surface area contributed by atoms with Gasteiger partial charge in [0.1, 0.15) is 0 Å². The van der Waals surface area contributed by atoms with Crippen LogP contribution in [0.1, 0.15) is 16.1 Å². The number of nitrogens with one attached hydrogen (secondary N) is 1. The molecule has 1 aliphatic rings. The number of halogens is 1. The van der Waals surface area contributed by atoms with Crippen LogP contribution in [-0.2, 0) is 6.54 Å². The third kappa shape index (κ3) is 4.43. The van der Waals surface area contributed by atoms with Gasteiger partial charge in [0.2, 0.25) is 0 Å². The van der Waals surface area contributed by atoms with Gasteiger partial charge in [0.15, 0.2) is 5.76 Å². The molecule has 0 radical (unpaired) electrons. The zero-order valence-corrected chi connectivity index (χ0v) is 16.4. The monoisotopic (exact) mass is 413 g/mol. The summed E-state index contributed by atoms with van der Waals surface area (Å²) in [7, 11) is 0. The van der Waals surface area contributed by atoms with E-state index >= 15 is 0 Å². The number of hydrogen-bond acceptors (Lipinski definition) is 4. The molecule has 3 aromatic rings. The summed E-state index contributed by atoms with van der Waals surface area (Å²) in [6, 6.07) is 10.5. The standard InChI is InChI=1S/C20H20ClN5O3/c21-16-3-5-17(6-4-16)26-14-15(13-23-26)12-22-20(28)25-9-7-24(8-10-25)19(27)18-2-1-11-29-18/h1-6,11,13-14H,7-10,12H2,(H,22,28). The molecule has 150 valence electrons. The van der Waals surface area contributed by atoms with Gasteiger partial charge in [0.25, 0.3) is 5.91 Å². The Labute approximate surface area is 172 Å². The fourth-order valence-electron chi connectivity index (χ4n) is 3.14. The maximum absolute atomic E-state index is 12.4.